The molecule has 32 heavy (non-hydrogen) atoms. The van der Waals surface area contributed by atoms with E-state index in [1.807, 2.05) is 13.8 Å². The minimum Gasteiger partial charge on any atom is -0.507 e. The van der Waals surface area contributed by atoms with E-state index in [4.69, 9.17) is 4.74 Å². The lowest BCUT2D eigenvalue weighted by Gasteiger charge is -2.22. The summed E-state index contributed by atoms with van der Waals surface area (Å²) < 4.78 is 19.2. The summed E-state index contributed by atoms with van der Waals surface area (Å²) in [5.41, 5.74) is 0.700. The molecule has 1 unspecified atom stereocenters. The molecule has 1 aromatic heterocycles. The highest BCUT2D eigenvalue weighted by Crippen LogP contribution is 2.43. The van der Waals surface area contributed by atoms with E-state index in [0.29, 0.717) is 21.9 Å². The Morgan fingerprint density at radius 3 is 2.31 bits per heavy atom. The molecule has 0 bridgehead atoms. The number of amides is 1. The van der Waals surface area contributed by atoms with Crippen LogP contribution < -0.4 is 9.64 Å². The van der Waals surface area contributed by atoms with Gasteiger partial charge in [0, 0.05) is 5.56 Å². The highest BCUT2D eigenvalue weighted by atomic mass is 32.1. The molecule has 4 rings (SSSR count). The van der Waals surface area contributed by atoms with Gasteiger partial charge in [-0.25, -0.2) is 4.39 Å². The number of benzene rings is 2. The monoisotopic (exact) mass is 453 g/mol. The van der Waals surface area contributed by atoms with Crippen molar-refractivity contribution in [3.63, 3.8) is 0 Å². The summed E-state index contributed by atoms with van der Waals surface area (Å²) in [5.74, 6) is -1.88. The molecule has 1 aliphatic rings. The predicted molar refractivity (Wildman–Crippen MR) is 118 cm³/mol. The Labute approximate surface area is 187 Å². The zero-order valence-electron chi connectivity index (χ0n) is 17.6. The fourth-order valence-electron chi connectivity index (χ4n) is 3.49. The van der Waals surface area contributed by atoms with Crippen molar-refractivity contribution in [1.82, 2.24) is 10.2 Å². The van der Waals surface area contributed by atoms with Crippen LogP contribution >= 0.6 is 11.3 Å². The summed E-state index contributed by atoms with van der Waals surface area (Å²) >= 11 is 1.15. The number of carbonyl (C=O) groups is 2. The van der Waals surface area contributed by atoms with Crippen molar-refractivity contribution in [1.29, 1.82) is 0 Å². The first-order chi connectivity index (χ1) is 15.3. The number of aliphatic hydroxyl groups excluding tert-OH is 1. The molecule has 1 saturated heterocycles. The number of carbonyl (C=O) groups excluding carboxylic acids is 2. The molecule has 9 heteroatoms. The number of anilines is 1. The third-order valence-corrected chi connectivity index (χ3v) is 5.69. The first-order valence-electron chi connectivity index (χ1n) is 9.90. The number of aromatic nitrogens is 2. The quantitative estimate of drug-likeness (QED) is 0.350. The van der Waals surface area contributed by atoms with Gasteiger partial charge in [0.05, 0.1) is 17.7 Å². The molecule has 1 aliphatic heterocycles. The van der Waals surface area contributed by atoms with Crippen LogP contribution in [0, 0.1) is 12.7 Å². The number of hydrogen-bond donors (Lipinski definition) is 1. The van der Waals surface area contributed by atoms with Crippen molar-refractivity contribution in [3.8, 4) is 5.75 Å². The van der Waals surface area contributed by atoms with E-state index in [9.17, 15) is 19.1 Å². The Morgan fingerprint density at radius 1 is 1.09 bits per heavy atom. The molecular weight excluding hydrogens is 433 g/mol. The maximum absolute atomic E-state index is 13.6. The molecule has 2 aromatic carbocycles. The van der Waals surface area contributed by atoms with E-state index < -0.39 is 23.5 Å². The number of ketones is 1. The smallest absolute Gasteiger partial charge is 0.301 e. The molecule has 1 atom stereocenters. The topological polar surface area (TPSA) is 92.6 Å². The molecule has 3 aromatic rings. The van der Waals surface area contributed by atoms with Gasteiger partial charge < -0.3 is 9.84 Å². The average Bonchev–Trinajstić information content (AvgIpc) is 3.29. The van der Waals surface area contributed by atoms with E-state index in [0.717, 1.165) is 11.3 Å². The number of hydrogen-bond acceptors (Lipinski definition) is 7. The van der Waals surface area contributed by atoms with Gasteiger partial charge in [-0.1, -0.05) is 23.5 Å². The van der Waals surface area contributed by atoms with Gasteiger partial charge in [0.1, 0.15) is 22.3 Å². The van der Waals surface area contributed by atoms with E-state index in [1.54, 1.807) is 31.2 Å². The molecule has 2 heterocycles. The van der Waals surface area contributed by atoms with Crippen molar-refractivity contribution in [2.24, 2.45) is 0 Å². The Hall–Kier alpha value is -3.59. The number of Topliss-reactive ketones (excluding diaryl/α,β-unsaturated/α-hetero) is 1. The summed E-state index contributed by atoms with van der Waals surface area (Å²) in [6.07, 6.45) is -0.0198. The average molecular weight is 453 g/mol. The van der Waals surface area contributed by atoms with Gasteiger partial charge in [-0.15, -0.1) is 10.2 Å². The Morgan fingerprint density at radius 2 is 1.75 bits per heavy atom. The van der Waals surface area contributed by atoms with E-state index in [2.05, 4.69) is 10.2 Å². The normalized spacial score (nSPS) is 17.9. The first-order valence-corrected chi connectivity index (χ1v) is 10.7. The van der Waals surface area contributed by atoms with Gasteiger partial charge in [-0.3, -0.25) is 14.5 Å². The molecule has 0 radical (unpaired) electrons. The predicted octanol–water partition coefficient (Wildman–Crippen LogP) is 4.40. The lowest BCUT2D eigenvalue weighted by molar-refractivity contribution is -0.132. The Kier molecular flexibility index (Phi) is 5.75. The van der Waals surface area contributed by atoms with Crippen molar-refractivity contribution < 1.29 is 23.8 Å². The fraction of sp³-hybridized carbons (Fsp3) is 0.217. The van der Waals surface area contributed by atoms with Gasteiger partial charge in [0.15, 0.2) is 0 Å². The van der Waals surface area contributed by atoms with Crippen molar-refractivity contribution in [2.45, 2.75) is 32.9 Å². The zero-order valence-corrected chi connectivity index (χ0v) is 18.4. The van der Waals surface area contributed by atoms with E-state index >= 15 is 0 Å². The van der Waals surface area contributed by atoms with Gasteiger partial charge in [-0.05, 0) is 62.7 Å². The minimum absolute atomic E-state index is 0.0198. The van der Waals surface area contributed by atoms with Gasteiger partial charge >= 0.3 is 5.91 Å². The Balaban J connectivity index is 1.85. The van der Waals surface area contributed by atoms with Crippen LogP contribution in [0.2, 0.25) is 0 Å². The number of aryl methyl sites for hydroxylation is 1. The van der Waals surface area contributed by atoms with Crippen molar-refractivity contribution in [2.75, 3.05) is 4.90 Å². The maximum Gasteiger partial charge on any atom is 0.301 e. The van der Waals surface area contributed by atoms with Gasteiger partial charge in [-0.2, -0.15) is 0 Å². The summed E-state index contributed by atoms with van der Waals surface area (Å²) in [7, 11) is 0. The molecule has 1 N–H and O–H groups in total. The second kappa shape index (κ2) is 8.51. The van der Waals surface area contributed by atoms with Crippen molar-refractivity contribution >= 4 is 33.9 Å². The molecule has 0 spiro atoms. The molecule has 1 fully saturated rings. The second-order valence-corrected chi connectivity index (χ2v) is 8.68. The van der Waals surface area contributed by atoms with Crippen LogP contribution in [-0.2, 0) is 9.59 Å². The molecule has 1 amide bonds. The van der Waals surface area contributed by atoms with Gasteiger partial charge in [0.25, 0.3) is 5.78 Å². The summed E-state index contributed by atoms with van der Waals surface area (Å²) in [6, 6.07) is 11.0. The molecule has 0 saturated carbocycles. The number of rotatable bonds is 5. The molecule has 164 valence electrons. The van der Waals surface area contributed by atoms with E-state index in [1.165, 1.54) is 29.2 Å². The number of nitrogens with zero attached hydrogens (tertiary/aromatic N) is 3. The summed E-state index contributed by atoms with van der Waals surface area (Å²) in [6.45, 7) is 5.52. The molecular formula is C23H20FN3O4S. The highest BCUT2D eigenvalue weighted by Gasteiger charge is 2.48. The van der Waals surface area contributed by atoms with Crippen LogP contribution in [0.15, 0.2) is 54.1 Å². The minimum atomic E-state index is -0.977. The number of halogens is 1. The van der Waals surface area contributed by atoms with E-state index in [-0.39, 0.29) is 22.6 Å². The highest BCUT2D eigenvalue weighted by molar-refractivity contribution is 7.15. The molecule has 0 aliphatic carbocycles. The fourth-order valence-corrected chi connectivity index (χ4v) is 4.21. The summed E-state index contributed by atoms with van der Waals surface area (Å²) in [4.78, 5) is 27.2. The standard InChI is InChI=1S/C23H20FN3O4S/c1-12(2)31-17-10-6-15(7-11-17)20(28)18-19(14-4-8-16(24)9-5-14)27(22(30)21(18)29)23-26-25-13(3)32-23/h4-12,19,28H,1-3H3/b20-18+. The summed E-state index contributed by atoms with van der Waals surface area (Å²) in [5, 5.41) is 19.8. The largest absolute Gasteiger partial charge is 0.507 e. The van der Waals surface area contributed by atoms with Crippen LogP contribution in [0.5, 0.6) is 5.75 Å². The van der Waals surface area contributed by atoms with Crippen LogP contribution in [0.4, 0.5) is 9.52 Å². The third kappa shape index (κ3) is 3.99. The SMILES string of the molecule is Cc1nnc(N2C(=O)C(=O)/C(=C(/O)c3ccc(OC(C)C)cc3)C2c2ccc(F)cc2)s1. The maximum atomic E-state index is 13.6. The first kappa shape index (κ1) is 21.6. The van der Waals surface area contributed by atoms with Gasteiger partial charge in [0.2, 0.25) is 5.13 Å². The number of ether oxygens (including phenoxy) is 1. The van der Waals surface area contributed by atoms with Crippen LogP contribution in [0.3, 0.4) is 0 Å². The van der Waals surface area contributed by atoms with Crippen LogP contribution in [0.1, 0.15) is 36.0 Å². The lowest BCUT2D eigenvalue weighted by atomic mass is 9.95. The van der Waals surface area contributed by atoms with Crippen molar-refractivity contribution in [3.05, 3.63) is 76.1 Å². The lowest BCUT2D eigenvalue weighted by Crippen LogP contribution is -2.29. The third-order valence-electron chi connectivity index (χ3n) is 4.85. The second-order valence-electron chi connectivity index (χ2n) is 7.52. The van der Waals surface area contributed by atoms with Crippen LogP contribution in [-0.4, -0.2) is 33.1 Å². The Bertz CT molecular complexity index is 1200. The van der Waals surface area contributed by atoms with Crippen LogP contribution in [0.25, 0.3) is 5.76 Å². The number of aliphatic hydroxyl groups is 1. The molecule has 7 nitrogen and oxygen atoms in total. The zero-order chi connectivity index (χ0) is 23.0.